The second-order valence-corrected chi connectivity index (χ2v) is 11.9. The second-order valence-electron chi connectivity index (χ2n) is 11.7. The molecule has 0 aliphatic rings. The molecule has 0 radical (unpaired) electrons. The zero-order valence-corrected chi connectivity index (χ0v) is 34.4. The van der Waals surface area contributed by atoms with E-state index < -0.39 is 12.2 Å². The number of ether oxygens (including phenoxy) is 2. The number of pyridine rings is 2. The molecule has 2 aromatic heterocycles. The zero-order chi connectivity index (χ0) is 40.9. The van der Waals surface area contributed by atoms with Gasteiger partial charge in [-0.15, -0.1) is 0 Å². The van der Waals surface area contributed by atoms with Crippen LogP contribution in [-0.2, 0) is 35.5 Å². The first-order chi connectivity index (χ1) is 26.7. The minimum Gasteiger partial charge on any atom is -0.433 e. The van der Waals surface area contributed by atoms with Crippen molar-refractivity contribution in [3.63, 3.8) is 0 Å². The molecule has 0 aliphatic carbocycles. The number of alkyl halides is 1. The van der Waals surface area contributed by atoms with Crippen LogP contribution in [0.1, 0.15) is 65.2 Å². The lowest BCUT2D eigenvalue weighted by Gasteiger charge is -2.13. The summed E-state index contributed by atoms with van der Waals surface area (Å²) in [4.78, 5) is 26.5. The number of nitrogens with zero attached hydrogens (tertiary/aromatic N) is 2. The number of nitrogens with one attached hydrogen (secondary N) is 2. The molecule has 0 spiro atoms. The van der Waals surface area contributed by atoms with Crippen LogP contribution in [0, 0.1) is 0 Å². The standard InChI is InChI=1S/C16H18N2O2.C11H14ClNO2.C9H13N.C5H5N.2C2H6/c1-14(12-15-8-4-2-5-9-15)17-16(19)20-13-18-10-6-3-7-11-18;1-9(13-11(14)15-8-12)7-10-5-3-2-4-6-10;1-8(10)7-9-5-3-2-4-6-9;1-2-4-6-5-3-1;2*1-2/h2-11,14H,12-13H2,1H3;2-6,9H,7-8H2,1H3,(H,13,14);2-6,8H,7,10H2,1H3;1-5H;2*1-2H3/p+1/t14-;9-;8-;;;/m000.../s1. The molecule has 2 heterocycles. The van der Waals surface area contributed by atoms with Crippen molar-refractivity contribution in [2.24, 2.45) is 5.73 Å². The van der Waals surface area contributed by atoms with Crippen molar-refractivity contribution >= 4 is 23.8 Å². The first-order valence-corrected chi connectivity index (χ1v) is 19.4. The van der Waals surface area contributed by atoms with Crippen LogP contribution >= 0.6 is 11.6 Å². The molecule has 0 bridgehead atoms. The van der Waals surface area contributed by atoms with Gasteiger partial charge in [0.25, 0.3) is 6.73 Å². The lowest BCUT2D eigenvalue weighted by Crippen LogP contribution is -2.40. The van der Waals surface area contributed by atoms with Gasteiger partial charge in [-0.25, -0.2) is 9.59 Å². The van der Waals surface area contributed by atoms with Crippen LogP contribution in [0.3, 0.4) is 0 Å². The van der Waals surface area contributed by atoms with Crippen LogP contribution in [-0.4, -0.2) is 41.4 Å². The van der Waals surface area contributed by atoms with E-state index in [-0.39, 0.29) is 30.9 Å². The lowest BCUT2D eigenvalue weighted by atomic mass is 10.1. The molecule has 298 valence electrons. The molecule has 9 nitrogen and oxygen atoms in total. The number of halogens is 1. The van der Waals surface area contributed by atoms with Gasteiger partial charge in [0.2, 0.25) is 0 Å². The lowest BCUT2D eigenvalue weighted by molar-refractivity contribution is -0.727. The summed E-state index contributed by atoms with van der Waals surface area (Å²) in [6.45, 7) is 14.1. The van der Waals surface area contributed by atoms with Gasteiger partial charge in [0.15, 0.2) is 18.5 Å². The largest absolute Gasteiger partial charge is 0.433 e. The van der Waals surface area contributed by atoms with Gasteiger partial charge in [-0.1, -0.05) is 142 Å². The van der Waals surface area contributed by atoms with Gasteiger partial charge in [0.1, 0.15) is 0 Å². The van der Waals surface area contributed by atoms with Crippen LogP contribution in [0.25, 0.3) is 0 Å². The second kappa shape index (κ2) is 34.5. The third-order valence-corrected chi connectivity index (χ3v) is 6.88. The van der Waals surface area contributed by atoms with E-state index in [1.54, 1.807) is 17.0 Å². The molecule has 0 unspecified atom stereocenters. The Bertz CT molecular complexity index is 1540. The molecule has 2 amide bonds. The molecule has 0 fully saturated rings. The smallest absolute Gasteiger partial charge is 0.412 e. The Hall–Kier alpha value is -5.25. The van der Waals surface area contributed by atoms with E-state index in [1.807, 2.05) is 176 Å². The van der Waals surface area contributed by atoms with E-state index >= 15 is 0 Å². The summed E-state index contributed by atoms with van der Waals surface area (Å²) in [7, 11) is 0. The predicted molar refractivity (Wildman–Crippen MR) is 227 cm³/mol. The van der Waals surface area contributed by atoms with Gasteiger partial charge in [-0.05, 0) is 68.9 Å². The van der Waals surface area contributed by atoms with E-state index in [4.69, 9.17) is 22.1 Å². The maximum atomic E-state index is 11.7. The quantitative estimate of drug-likeness (QED) is 0.0909. The Labute approximate surface area is 335 Å². The molecule has 5 rings (SSSR count). The van der Waals surface area contributed by atoms with Crippen molar-refractivity contribution in [1.29, 1.82) is 0 Å². The minimum atomic E-state index is -0.478. The Morgan fingerprint density at radius 2 is 0.964 bits per heavy atom. The van der Waals surface area contributed by atoms with E-state index in [1.165, 1.54) is 16.7 Å². The maximum absolute atomic E-state index is 11.7. The maximum Gasteiger partial charge on any atom is 0.412 e. The summed E-state index contributed by atoms with van der Waals surface area (Å²) < 4.78 is 11.5. The summed E-state index contributed by atoms with van der Waals surface area (Å²) in [6, 6.07) is 41.9. The Kier molecular flexibility index (Phi) is 31.2. The van der Waals surface area contributed by atoms with E-state index in [0.717, 1.165) is 19.3 Å². The molecule has 0 aliphatic heterocycles. The van der Waals surface area contributed by atoms with Crippen LogP contribution < -0.4 is 20.9 Å². The number of rotatable bonds is 11. The van der Waals surface area contributed by atoms with Crippen molar-refractivity contribution in [1.82, 2.24) is 15.6 Å². The van der Waals surface area contributed by atoms with Crippen molar-refractivity contribution in [3.05, 3.63) is 169 Å². The fraction of sp³-hybridized carbons (Fsp3) is 0.333. The normalized spacial score (nSPS) is 10.9. The summed E-state index contributed by atoms with van der Waals surface area (Å²) in [5.41, 5.74) is 9.31. The molecular formula is C45H63ClN5O4+. The van der Waals surface area contributed by atoms with Gasteiger partial charge >= 0.3 is 12.2 Å². The summed E-state index contributed by atoms with van der Waals surface area (Å²) in [5.74, 6) is 0. The molecule has 0 saturated carbocycles. The monoisotopic (exact) mass is 772 g/mol. The van der Waals surface area contributed by atoms with Gasteiger partial charge < -0.3 is 25.8 Å². The highest BCUT2D eigenvalue weighted by molar-refractivity contribution is 6.17. The molecule has 3 atom stereocenters. The van der Waals surface area contributed by atoms with Gasteiger partial charge in [-0.3, -0.25) is 4.98 Å². The third kappa shape index (κ3) is 28.9. The van der Waals surface area contributed by atoms with Crippen LogP contribution in [0.2, 0.25) is 0 Å². The molecular weight excluding hydrogens is 710 g/mol. The first-order valence-electron chi connectivity index (χ1n) is 18.8. The Morgan fingerprint density at radius 3 is 1.31 bits per heavy atom. The van der Waals surface area contributed by atoms with Crippen molar-refractivity contribution in [2.45, 2.75) is 92.6 Å². The summed E-state index contributed by atoms with van der Waals surface area (Å²) in [5, 5.41) is 5.51. The summed E-state index contributed by atoms with van der Waals surface area (Å²) in [6.07, 6.45) is 8.85. The molecule has 0 saturated heterocycles. The number of aromatic nitrogens is 2. The number of carbonyl (C=O) groups excluding carboxylic acids is 2. The topological polar surface area (TPSA) is 119 Å². The van der Waals surface area contributed by atoms with Crippen molar-refractivity contribution in [3.8, 4) is 0 Å². The van der Waals surface area contributed by atoms with E-state index in [0.29, 0.717) is 0 Å². The highest BCUT2D eigenvalue weighted by atomic mass is 35.5. The van der Waals surface area contributed by atoms with Crippen LogP contribution in [0.4, 0.5) is 9.59 Å². The van der Waals surface area contributed by atoms with Crippen LogP contribution in [0.15, 0.2) is 152 Å². The fourth-order valence-corrected chi connectivity index (χ4v) is 4.62. The first kappa shape index (κ1) is 49.8. The third-order valence-electron chi connectivity index (χ3n) is 6.77. The molecule has 4 N–H and O–H groups in total. The fourth-order valence-electron chi connectivity index (χ4n) is 4.52. The van der Waals surface area contributed by atoms with Gasteiger partial charge in [0.05, 0.1) is 0 Å². The van der Waals surface area contributed by atoms with Gasteiger partial charge in [0, 0.05) is 42.7 Å². The molecule has 5 aromatic rings. The predicted octanol–water partition coefficient (Wildman–Crippen LogP) is 9.54. The number of hydrogen-bond donors (Lipinski definition) is 3. The number of nitrogens with two attached hydrogens (primary N) is 1. The number of amides is 2. The van der Waals surface area contributed by atoms with Crippen LogP contribution in [0.5, 0.6) is 0 Å². The average molecular weight is 773 g/mol. The number of benzene rings is 3. The van der Waals surface area contributed by atoms with E-state index in [9.17, 15) is 9.59 Å². The zero-order valence-electron chi connectivity index (χ0n) is 33.7. The SMILES string of the molecule is CC.CC.C[C@@H](Cc1ccccc1)NC(=O)OCCl.C[C@@H](Cc1ccccc1)NC(=O)OC[n+]1ccccc1.C[C@H](N)Cc1ccccc1.c1ccncc1. The van der Waals surface area contributed by atoms with Gasteiger partial charge in [-0.2, -0.15) is 4.57 Å². The number of carbonyl (C=O) groups is 2. The minimum absolute atomic E-state index is 0.0307. The van der Waals surface area contributed by atoms with E-state index in [2.05, 4.69) is 32.5 Å². The highest BCUT2D eigenvalue weighted by Crippen LogP contribution is 2.04. The molecule has 3 aromatic carbocycles. The van der Waals surface area contributed by atoms with Crippen molar-refractivity contribution < 1.29 is 23.6 Å². The molecule has 10 heteroatoms. The molecule has 55 heavy (non-hydrogen) atoms. The highest BCUT2D eigenvalue weighted by Gasteiger charge is 2.11. The van der Waals surface area contributed by atoms with Crippen molar-refractivity contribution in [2.75, 3.05) is 6.07 Å². The summed E-state index contributed by atoms with van der Waals surface area (Å²) >= 11 is 5.26. The Morgan fingerprint density at radius 1 is 0.600 bits per heavy atom. The Balaban J connectivity index is 0.000000733. The average Bonchev–Trinajstić information content (AvgIpc) is 3.21. The number of alkyl carbamates (subject to hydrolysis) is 2. The number of hydrogen-bond acceptors (Lipinski definition) is 6.